The molecule has 2 rings (SSSR count). The molecule has 1 saturated heterocycles. The van der Waals surface area contributed by atoms with Gasteiger partial charge in [0, 0.05) is 17.5 Å². The Morgan fingerprint density at radius 1 is 1.13 bits per heavy atom. The van der Waals surface area contributed by atoms with Gasteiger partial charge in [0.15, 0.2) is 11.6 Å². The minimum atomic E-state index is -0.657. The molecule has 1 heterocycles. The number of carbonyl (C=O) groups is 1. The van der Waals surface area contributed by atoms with Gasteiger partial charge in [0.05, 0.1) is 13.2 Å². The van der Waals surface area contributed by atoms with Crippen LogP contribution in [0.15, 0.2) is 24.3 Å². The van der Waals surface area contributed by atoms with Gasteiger partial charge in [0.2, 0.25) is 0 Å². The number of Topliss-reactive ketones (excluding diaryl/α,β-unsaturated/α-hetero) is 1. The maximum atomic E-state index is 12.3. The van der Waals surface area contributed by atoms with Crippen LogP contribution in [0.1, 0.15) is 76.2 Å². The first-order valence-corrected chi connectivity index (χ1v) is 9.00. The molecule has 130 valence electrons. The van der Waals surface area contributed by atoms with Crippen LogP contribution in [-0.4, -0.2) is 19.0 Å². The summed E-state index contributed by atoms with van der Waals surface area (Å²) in [5, 5.41) is 0. The smallest absolute Gasteiger partial charge is 0.192 e. The molecule has 0 radical (unpaired) electrons. The van der Waals surface area contributed by atoms with Crippen molar-refractivity contribution in [1.82, 2.24) is 0 Å². The Labute approximate surface area is 141 Å². The lowest BCUT2D eigenvalue weighted by atomic mass is 9.92. The number of hydrogen-bond donors (Lipinski definition) is 0. The van der Waals surface area contributed by atoms with Crippen LogP contribution in [0, 0.1) is 5.92 Å². The van der Waals surface area contributed by atoms with Crippen molar-refractivity contribution < 1.29 is 14.3 Å². The summed E-state index contributed by atoms with van der Waals surface area (Å²) in [7, 11) is 0. The monoisotopic (exact) mass is 320 g/mol. The van der Waals surface area contributed by atoms with Gasteiger partial charge >= 0.3 is 0 Å². The highest BCUT2D eigenvalue weighted by Crippen LogP contribution is 2.31. The van der Waals surface area contributed by atoms with E-state index in [-0.39, 0.29) is 5.78 Å². The molecule has 1 aromatic carbocycles. The average molecular weight is 320 g/mol. The zero-order chi connectivity index (χ0) is 17.3. The van der Waals surface area contributed by atoms with E-state index in [0.29, 0.717) is 25.6 Å². The van der Waals surface area contributed by atoms with Crippen molar-refractivity contribution in [2.75, 3.05) is 13.2 Å². The number of carbonyl (C=O) groups excluding carboxylic acids is 1. The number of hydrogen-bond acceptors (Lipinski definition) is 3. The first-order valence-electron chi connectivity index (χ1n) is 9.00. The van der Waals surface area contributed by atoms with Crippen molar-refractivity contribution in [1.29, 1.82) is 0 Å². The zero-order valence-electron chi connectivity index (χ0n) is 15.4. The van der Waals surface area contributed by atoms with Crippen molar-refractivity contribution in [3.63, 3.8) is 0 Å². The van der Waals surface area contributed by atoms with Gasteiger partial charge < -0.3 is 9.47 Å². The van der Waals surface area contributed by atoms with Crippen molar-refractivity contribution in [2.45, 2.75) is 66.1 Å². The molecule has 3 nitrogen and oxygen atoms in total. The maximum Gasteiger partial charge on any atom is 0.192 e. The van der Waals surface area contributed by atoms with Crippen LogP contribution in [-0.2, 0) is 15.3 Å². The van der Waals surface area contributed by atoms with Gasteiger partial charge in [-0.05, 0) is 12.8 Å². The fraction of sp³-hybridized carbons (Fsp3) is 0.650. The highest BCUT2D eigenvalue weighted by molar-refractivity contribution is 5.96. The summed E-state index contributed by atoms with van der Waals surface area (Å²) in [6.07, 6.45) is 3.98. The maximum absolute atomic E-state index is 12.3. The van der Waals surface area contributed by atoms with Gasteiger partial charge in [0.1, 0.15) is 0 Å². The Bertz CT molecular complexity index is 458. The molecule has 0 bridgehead atoms. The summed E-state index contributed by atoms with van der Waals surface area (Å²) in [5.41, 5.74) is 1.76. The highest BCUT2D eigenvalue weighted by atomic mass is 16.7. The predicted molar refractivity (Wildman–Crippen MR) is 94.7 cm³/mol. The zero-order valence-corrected chi connectivity index (χ0v) is 15.4. The average Bonchev–Trinajstić information content (AvgIpc) is 3.04. The molecule has 1 unspecified atom stereocenters. The molecule has 0 aromatic heterocycles. The molecule has 1 aliphatic rings. The SMILES string of the molecule is CC.CCCC(CC)CC(=O)c1ccc(C2(C)OCCO2)cc1. The Morgan fingerprint density at radius 2 is 1.70 bits per heavy atom. The summed E-state index contributed by atoms with van der Waals surface area (Å²) in [5.74, 6) is 0.0805. The van der Waals surface area contributed by atoms with Gasteiger partial charge in [0.25, 0.3) is 0 Å². The summed E-state index contributed by atoms with van der Waals surface area (Å²) in [6, 6.07) is 7.68. The highest BCUT2D eigenvalue weighted by Gasteiger charge is 2.33. The second-order valence-corrected chi connectivity index (χ2v) is 5.91. The number of rotatable bonds is 7. The van der Waals surface area contributed by atoms with Gasteiger partial charge in [-0.2, -0.15) is 0 Å². The second kappa shape index (κ2) is 9.84. The predicted octanol–water partition coefficient (Wildman–Crippen LogP) is 5.33. The molecule has 1 aromatic rings. The Balaban J connectivity index is 0.00000127. The quantitative estimate of drug-likeness (QED) is 0.637. The van der Waals surface area contributed by atoms with E-state index in [1.165, 1.54) is 0 Å². The lowest BCUT2D eigenvalue weighted by Crippen LogP contribution is -2.22. The van der Waals surface area contributed by atoms with Crippen LogP contribution in [0.2, 0.25) is 0 Å². The van der Waals surface area contributed by atoms with E-state index in [9.17, 15) is 4.79 Å². The minimum Gasteiger partial charge on any atom is -0.344 e. The van der Waals surface area contributed by atoms with Crippen LogP contribution >= 0.6 is 0 Å². The lowest BCUT2D eigenvalue weighted by Gasteiger charge is -2.22. The molecule has 0 amide bonds. The van der Waals surface area contributed by atoms with Crippen LogP contribution in [0.25, 0.3) is 0 Å². The molecular formula is C20H32O3. The van der Waals surface area contributed by atoms with Crippen LogP contribution in [0.5, 0.6) is 0 Å². The van der Waals surface area contributed by atoms with Crippen molar-refractivity contribution in [2.24, 2.45) is 5.92 Å². The van der Waals surface area contributed by atoms with E-state index in [1.807, 2.05) is 45.0 Å². The third kappa shape index (κ3) is 5.43. The largest absolute Gasteiger partial charge is 0.344 e. The molecule has 0 aliphatic carbocycles. The van der Waals surface area contributed by atoms with Gasteiger partial charge in [-0.1, -0.05) is 71.2 Å². The molecule has 1 fully saturated rings. The Kier molecular flexibility index (Phi) is 8.49. The second-order valence-electron chi connectivity index (χ2n) is 5.91. The Morgan fingerprint density at radius 3 is 2.17 bits per heavy atom. The van der Waals surface area contributed by atoms with E-state index in [0.717, 1.165) is 30.4 Å². The standard InChI is InChI=1S/C18H26O3.C2H6/c1-4-6-14(5-2)13-17(19)15-7-9-16(10-8-15)18(3)20-11-12-21-18;1-2/h7-10,14H,4-6,11-13H2,1-3H3;1-2H3. The number of benzene rings is 1. The third-order valence-corrected chi connectivity index (χ3v) is 4.32. The van der Waals surface area contributed by atoms with E-state index >= 15 is 0 Å². The molecular weight excluding hydrogens is 288 g/mol. The Hall–Kier alpha value is -1.19. The van der Waals surface area contributed by atoms with E-state index in [2.05, 4.69) is 13.8 Å². The van der Waals surface area contributed by atoms with Crippen molar-refractivity contribution in [3.8, 4) is 0 Å². The van der Waals surface area contributed by atoms with Gasteiger partial charge in [-0.3, -0.25) is 4.79 Å². The summed E-state index contributed by atoms with van der Waals surface area (Å²) < 4.78 is 11.3. The van der Waals surface area contributed by atoms with Crippen LogP contribution in [0.3, 0.4) is 0 Å². The molecule has 0 N–H and O–H groups in total. The van der Waals surface area contributed by atoms with Crippen LogP contribution < -0.4 is 0 Å². The number of ether oxygens (including phenoxy) is 2. The molecule has 0 saturated carbocycles. The molecule has 1 aliphatic heterocycles. The van der Waals surface area contributed by atoms with Crippen LogP contribution in [0.4, 0.5) is 0 Å². The summed E-state index contributed by atoms with van der Waals surface area (Å²) in [4.78, 5) is 12.3. The number of ketones is 1. The van der Waals surface area contributed by atoms with Gasteiger partial charge in [-0.15, -0.1) is 0 Å². The topological polar surface area (TPSA) is 35.5 Å². The molecule has 0 spiro atoms. The lowest BCUT2D eigenvalue weighted by molar-refractivity contribution is -0.149. The van der Waals surface area contributed by atoms with Gasteiger partial charge in [-0.25, -0.2) is 0 Å². The van der Waals surface area contributed by atoms with E-state index < -0.39 is 5.79 Å². The first kappa shape index (κ1) is 19.9. The minimum absolute atomic E-state index is 0.236. The summed E-state index contributed by atoms with van der Waals surface area (Å²) >= 11 is 0. The van der Waals surface area contributed by atoms with Crippen molar-refractivity contribution >= 4 is 5.78 Å². The molecule has 23 heavy (non-hydrogen) atoms. The summed E-state index contributed by atoms with van der Waals surface area (Å²) in [6.45, 7) is 11.5. The molecule has 3 heteroatoms. The molecule has 1 atom stereocenters. The van der Waals surface area contributed by atoms with E-state index in [4.69, 9.17) is 9.47 Å². The first-order chi connectivity index (χ1) is 11.1. The fourth-order valence-corrected chi connectivity index (χ4v) is 2.88. The normalized spacial score (nSPS) is 17.3. The van der Waals surface area contributed by atoms with Crippen molar-refractivity contribution in [3.05, 3.63) is 35.4 Å². The van der Waals surface area contributed by atoms with E-state index in [1.54, 1.807) is 0 Å². The fourth-order valence-electron chi connectivity index (χ4n) is 2.88. The third-order valence-electron chi connectivity index (χ3n) is 4.32.